The molecule has 80 valence electrons. The average molecular weight is 200 g/mol. The van der Waals surface area contributed by atoms with Crippen LogP contribution in [0.1, 0.15) is 34.6 Å². The standard InChI is InChI=1S/C10H16O4/c1-9(2,3)14-8(13)10(4,5)7(12)6-11/h6H,1-5H3. The molecule has 0 saturated heterocycles. The lowest BCUT2D eigenvalue weighted by atomic mass is 9.88. The van der Waals surface area contributed by atoms with Crippen molar-refractivity contribution in [1.29, 1.82) is 0 Å². The van der Waals surface area contributed by atoms with E-state index in [1.807, 2.05) is 0 Å². The van der Waals surface area contributed by atoms with Gasteiger partial charge in [-0.3, -0.25) is 14.4 Å². The minimum absolute atomic E-state index is 0.143. The lowest BCUT2D eigenvalue weighted by Gasteiger charge is -2.26. The molecule has 0 aromatic rings. The number of aldehydes is 1. The number of ketones is 1. The summed E-state index contributed by atoms with van der Waals surface area (Å²) in [5.74, 6) is -1.45. The van der Waals surface area contributed by atoms with Crippen LogP contribution in [0.25, 0.3) is 0 Å². The highest BCUT2D eigenvalue weighted by Crippen LogP contribution is 2.21. The quantitative estimate of drug-likeness (QED) is 0.296. The molecule has 0 amide bonds. The Hall–Kier alpha value is -1.19. The Morgan fingerprint density at radius 2 is 1.50 bits per heavy atom. The summed E-state index contributed by atoms with van der Waals surface area (Å²) in [4.78, 5) is 32.8. The molecule has 0 atom stereocenters. The SMILES string of the molecule is CC(C)(C)OC(=O)C(C)(C)C(=O)C=O. The first-order chi connectivity index (χ1) is 6.11. The first-order valence-electron chi connectivity index (χ1n) is 4.34. The topological polar surface area (TPSA) is 60.4 Å². The number of carbonyl (C=O) groups is 3. The van der Waals surface area contributed by atoms with Gasteiger partial charge in [0.05, 0.1) is 0 Å². The summed E-state index contributed by atoms with van der Waals surface area (Å²) in [6.45, 7) is 7.85. The molecule has 0 heterocycles. The van der Waals surface area contributed by atoms with Crippen LogP contribution in [0.5, 0.6) is 0 Å². The van der Waals surface area contributed by atoms with Gasteiger partial charge in [0.1, 0.15) is 11.0 Å². The first-order valence-corrected chi connectivity index (χ1v) is 4.34. The van der Waals surface area contributed by atoms with Gasteiger partial charge in [-0.05, 0) is 34.6 Å². The van der Waals surface area contributed by atoms with Gasteiger partial charge in [-0.15, -0.1) is 0 Å². The van der Waals surface area contributed by atoms with Crippen LogP contribution in [0, 0.1) is 5.41 Å². The van der Waals surface area contributed by atoms with E-state index in [1.165, 1.54) is 13.8 Å². The van der Waals surface area contributed by atoms with E-state index in [2.05, 4.69) is 0 Å². The van der Waals surface area contributed by atoms with Gasteiger partial charge in [-0.2, -0.15) is 0 Å². The molecule has 0 aromatic heterocycles. The number of carbonyl (C=O) groups excluding carboxylic acids is 3. The molecule has 0 rings (SSSR count). The molecule has 0 aliphatic carbocycles. The highest BCUT2D eigenvalue weighted by atomic mass is 16.6. The lowest BCUT2D eigenvalue weighted by Crippen LogP contribution is -2.39. The highest BCUT2D eigenvalue weighted by Gasteiger charge is 2.39. The van der Waals surface area contributed by atoms with E-state index in [1.54, 1.807) is 20.8 Å². The molecule has 0 spiro atoms. The number of ether oxygens (including phenoxy) is 1. The lowest BCUT2D eigenvalue weighted by molar-refractivity contribution is -0.168. The molecule has 0 bridgehead atoms. The van der Waals surface area contributed by atoms with Gasteiger partial charge >= 0.3 is 5.97 Å². The third-order valence-corrected chi connectivity index (χ3v) is 1.63. The Balaban J connectivity index is 4.68. The van der Waals surface area contributed by atoms with Crippen LogP contribution in [-0.4, -0.2) is 23.6 Å². The molecule has 0 aliphatic heterocycles. The second kappa shape index (κ2) is 3.90. The Bertz CT molecular complexity index is 258. The van der Waals surface area contributed by atoms with Gasteiger partial charge in [0.2, 0.25) is 5.78 Å². The van der Waals surface area contributed by atoms with Crippen LogP contribution in [0.4, 0.5) is 0 Å². The van der Waals surface area contributed by atoms with Crippen LogP contribution in [-0.2, 0) is 19.1 Å². The van der Waals surface area contributed by atoms with Crippen LogP contribution in [0.15, 0.2) is 0 Å². The molecule has 14 heavy (non-hydrogen) atoms. The van der Waals surface area contributed by atoms with E-state index in [0.717, 1.165) is 0 Å². The van der Waals surface area contributed by atoms with E-state index in [4.69, 9.17) is 4.74 Å². The first kappa shape index (κ1) is 12.8. The van der Waals surface area contributed by atoms with Crippen molar-refractivity contribution in [2.75, 3.05) is 0 Å². The second-order valence-electron chi connectivity index (χ2n) is 4.61. The van der Waals surface area contributed by atoms with Gasteiger partial charge < -0.3 is 4.74 Å². The molecule has 0 aromatic carbocycles. The summed E-state index contributed by atoms with van der Waals surface area (Å²) in [7, 11) is 0. The van der Waals surface area contributed by atoms with Crippen molar-refractivity contribution in [1.82, 2.24) is 0 Å². The van der Waals surface area contributed by atoms with Gasteiger partial charge in [-0.25, -0.2) is 0 Å². The Kier molecular flexibility index (Phi) is 3.57. The second-order valence-corrected chi connectivity index (χ2v) is 4.61. The van der Waals surface area contributed by atoms with E-state index < -0.39 is 22.8 Å². The summed E-state index contributed by atoms with van der Waals surface area (Å²) in [5, 5.41) is 0. The Morgan fingerprint density at radius 3 is 1.79 bits per heavy atom. The van der Waals surface area contributed by atoms with Gasteiger partial charge in [0, 0.05) is 0 Å². The Morgan fingerprint density at radius 1 is 1.07 bits per heavy atom. The Labute approximate surface area is 83.6 Å². The largest absolute Gasteiger partial charge is 0.459 e. The van der Waals surface area contributed by atoms with Crippen molar-refractivity contribution >= 4 is 18.0 Å². The van der Waals surface area contributed by atoms with E-state index in [9.17, 15) is 14.4 Å². The molecular weight excluding hydrogens is 184 g/mol. The summed E-state index contributed by atoms with van der Waals surface area (Å²) >= 11 is 0. The summed E-state index contributed by atoms with van der Waals surface area (Å²) in [6, 6.07) is 0. The van der Waals surface area contributed by atoms with Crippen LogP contribution < -0.4 is 0 Å². The number of rotatable bonds is 3. The predicted octanol–water partition coefficient (Wildman–Crippen LogP) is 1.12. The van der Waals surface area contributed by atoms with Gasteiger partial charge in [-0.1, -0.05) is 0 Å². The minimum Gasteiger partial charge on any atom is -0.459 e. The number of Topliss-reactive ketones (excluding diaryl/α,β-unsaturated/α-hetero) is 1. The summed E-state index contributed by atoms with van der Waals surface area (Å²) in [6.07, 6.45) is 0.143. The fraction of sp³-hybridized carbons (Fsp3) is 0.700. The van der Waals surface area contributed by atoms with Crippen molar-refractivity contribution in [2.45, 2.75) is 40.2 Å². The predicted molar refractivity (Wildman–Crippen MR) is 50.7 cm³/mol. The summed E-state index contributed by atoms with van der Waals surface area (Å²) < 4.78 is 5.01. The molecule has 0 unspecified atom stereocenters. The van der Waals surface area contributed by atoms with Crippen molar-refractivity contribution in [3.05, 3.63) is 0 Å². The van der Waals surface area contributed by atoms with Crippen molar-refractivity contribution in [2.24, 2.45) is 5.41 Å². The third-order valence-electron chi connectivity index (χ3n) is 1.63. The fourth-order valence-corrected chi connectivity index (χ4v) is 0.654. The molecule has 0 saturated carbocycles. The molecule has 4 heteroatoms. The zero-order valence-corrected chi connectivity index (χ0v) is 9.21. The molecular formula is C10H16O4. The minimum atomic E-state index is -1.39. The maximum Gasteiger partial charge on any atom is 0.320 e. The van der Waals surface area contributed by atoms with Crippen LogP contribution >= 0.6 is 0 Å². The number of hydrogen-bond acceptors (Lipinski definition) is 4. The summed E-state index contributed by atoms with van der Waals surface area (Å²) in [5.41, 5.74) is -2.05. The molecule has 4 nitrogen and oxygen atoms in total. The van der Waals surface area contributed by atoms with Crippen molar-refractivity contribution in [3.63, 3.8) is 0 Å². The number of esters is 1. The maximum atomic E-state index is 11.5. The maximum absolute atomic E-state index is 11.5. The third kappa shape index (κ3) is 3.28. The van der Waals surface area contributed by atoms with E-state index in [0.29, 0.717) is 0 Å². The van der Waals surface area contributed by atoms with Crippen molar-refractivity contribution < 1.29 is 19.1 Å². The highest BCUT2D eigenvalue weighted by molar-refractivity contribution is 6.32. The molecule has 0 fully saturated rings. The fourth-order valence-electron chi connectivity index (χ4n) is 0.654. The van der Waals surface area contributed by atoms with E-state index >= 15 is 0 Å². The zero-order valence-electron chi connectivity index (χ0n) is 9.21. The monoisotopic (exact) mass is 200 g/mol. The van der Waals surface area contributed by atoms with Gasteiger partial charge in [0.25, 0.3) is 0 Å². The molecule has 0 N–H and O–H groups in total. The van der Waals surface area contributed by atoms with Crippen LogP contribution in [0.2, 0.25) is 0 Å². The smallest absolute Gasteiger partial charge is 0.320 e. The van der Waals surface area contributed by atoms with Crippen molar-refractivity contribution in [3.8, 4) is 0 Å². The van der Waals surface area contributed by atoms with Crippen LogP contribution in [0.3, 0.4) is 0 Å². The molecule has 0 radical (unpaired) electrons. The normalized spacial score (nSPS) is 12.1. The van der Waals surface area contributed by atoms with E-state index in [-0.39, 0.29) is 6.29 Å². The van der Waals surface area contributed by atoms with Gasteiger partial charge in [0.15, 0.2) is 6.29 Å². The zero-order chi connectivity index (χ0) is 11.6. The molecule has 0 aliphatic rings. The number of hydrogen-bond donors (Lipinski definition) is 0. The average Bonchev–Trinajstić information content (AvgIpc) is 1.99.